The van der Waals surface area contributed by atoms with Crippen LogP contribution in [0.2, 0.25) is 0 Å². The van der Waals surface area contributed by atoms with Crippen LogP contribution in [0.1, 0.15) is 63.6 Å². The molecule has 0 unspecified atom stereocenters. The first-order valence-corrected chi connectivity index (χ1v) is 9.70. The van der Waals surface area contributed by atoms with Gasteiger partial charge in [-0.15, -0.1) is 0 Å². The van der Waals surface area contributed by atoms with E-state index in [4.69, 9.17) is 0 Å². The first kappa shape index (κ1) is 17.1. The fourth-order valence-corrected chi connectivity index (χ4v) is 3.84. The van der Waals surface area contributed by atoms with Crippen LogP contribution in [-0.2, 0) is 12.8 Å². The van der Waals surface area contributed by atoms with Gasteiger partial charge in [-0.1, -0.05) is 70.2 Å². The van der Waals surface area contributed by atoms with Crippen LogP contribution in [0.15, 0.2) is 36.4 Å². The van der Waals surface area contributed by atoms with Gasteiger partial charge in [0.15, 0.2) is 0 Å². The predicted octanol–water partition coefficient (Wildman–Crippen LogP) is 5.86. The monoisotopic (exact) mass is 322 g/mol. The van der Waals surface area contributed by atoms with E-state index >= 15 is 0 Å². The Labute approximate surface area is 146 Å². The number of benzene rings is 1. The number of hydrogen-bond donors (Lipinski definition) is 0. The summed E-state index contributed by atoms with van der Waals surface area (Å²) in [5.41, 5.74) is 4.64. The molecule has 2 nitrogen and oxygen atoms in total. The van der Waals surface area contributed by atoms with Crippen LogP contribution in [0.3, 0.4) is 0 Å². The van der Waals surface area contributed by atoms with Crippen LogP contribution in [0.4, 0.5) is 0 Å². The van der Waals surface area contributed by atoms with Gasteiger partial charge < -0.3 is 0 Å². The summed E-state index contributed by atoms with van der Waals surface area (Å²) in [7, 11) is 0. The van der Waals surface area contributed by atoms with Crippen molar-refractivity contribution in [3.05, 3.63) is 47.7 Å². The molecule has 3 rings (SSSR count). The van der Waals surface area contributed by atoms with E-state index in [1.807, 2.05) is 0 Å². The molecule has 1 heterocycles. The van der Waals surface area contributed by atoms with E-state index in [0.29, 0.717) is 0 Å². The van der Waals surface area contributed by atoms with Gasteiger partial charge in [-0.25, -0.2) is 0 Å². The van der Waals surface area contributed by atoms with Crippen LogP contribution in [-0.4, -0.2) is 10.2 Å². The molecule has 1 aliphatic carbocycles. The third-order valence-electron chi connectivity index (χ3n) is 5.72. The van der Waals surface area contributed by atoms with Crippen molar-refractivity contribution in [2.24, 2.45) is 11.8 Å². The average Bonchev–Trinajstić information content (AvgIpc) is 2.67. The maximum atomic E-state index is 4.33. The highest BCUT2D eigenvalue weighted by Gasteiger charge is 2.19. The Bertz CT molecular complexity index is 607. The summed E-state index contributed by atoms with van der Waals surface area (Å²) in [4.78, 5) is 0. The number of aryl methyl sites for hydroxylation is 2. The minimum Gasteiger partial charge on any atom is -0.155 e. The van der Waals surface area contributed by atoms with Crippen molar-refractivity contribution in [3.8, 4) is 11.3 Å². The second-order valence-corrected chi connectivity index (χ2v) is 7.29. The highest BCUT2D eigenvalue weighted by molar-refractivity contribution is 5.58. The van der Waals surface area contributed by atoms with Gasteiger partial charge in [0.1, 0.15) is 0 Å². The molecule has 1 aromatic carbocycles. The van der Waals surface area contributed by atoms with E-state index in [-0.39, 0.29) is 0 Å². The summed E-state index contributed by atoms with van der Waals surface area (Å²) in [6, 6.07) is 13.1. The quantitative estimate of drug-likeness (QED) is 0.666. The second-order valence-electron chi connectivity index (χ2n) is 7.29. The zero-order chi connectivity index (χ0) is 16.8. The van der Waals surface area contributed by atoms with Crippen molar-refractivity contribution in [2.75, 3.05) is 0 Å². The van der Waals surface area contributed by atoms with Gasteiger partial charge in [0.2, 0.25) is 0 Å². The maximum absolute atomic E-state index is 4.33. The molecule has 1 aromatic heterocycles. The summed E-state index contributed by atoms with van der Waals surface area (Å²) in [5.74, 6) is 1.95. The van der Waals surface area contributed by atoms with E-state index in [1.165, 1.54) is 50.5 Å². The molecular weight excluding hydrogens is 292 g/mol. The van der Waals surface area contributed by atoms with E-state index in [9.17, 15) is 0 Å². The summed E-state index contributed by atoms with van der Waals surface area (Å²) < 4.78 is 0. The largest absolute Gasteiger partial charge is 0.155 e. The SMILES string of the molecule is CCc1ccc(-c2ccc(CC[C@H]3CC[C@H](CC)CC3)cc2)nn1. The lowest BCUT2D eigenvalue weighted by Crippen LogP contribution is -2.14. The zero-order valence-electron chi connectivity index (χ0n) is 15.2. The van der Waals surface area contributed by atoms with Gasteiger partial charge >= 0.3 is 0 Å². The molecule has 1 saturated carbocycles. The maximum Gasteiger partial charge on any atom is 0.0929 e. The molecule has 2 heteroatoms. The van der Waals surface area contributed by atoms with Crippen molar-refractivity contribution in [3.63, 3.8) is 0 Å². The van der Waals surface area contributed by atoms with Gasteiger partial charge in [-0.3, -0.25) is 0 Å². The van der Waals surface area contributed by atoms with Crippen LogP contribution in [0, 0.1) is 11.8 Å². The molecule has 2 aromatic rings. The third-order valence-corrected chi connectivity index (χ3v) is 5.72. The van der Waals surface area contributed by atoms with Crippen LogP contribution in [0.5, 0.6) is 0 Å². The molecule has 1 aliphatic rings. The van der Waals surface area contributed by atoms with Crippen molar-refractivity contribution in [2.45, 2.75) is 65.2 Å². The standard InChI is InChI=1S/C22H30N2/c1-3-17-5-7-18(8-6-17)9-10-19-11-13-20(14-12-19)22-16-15-21(4-2)23-24-22/h11-18H,3-10H2,1-2H3/t17-,18-. The smallest absolute Gasteiger partial charge is 0.0929 e. The van der Waals surface area contributed by atoms with Crippen molar-refractivity contribution in [1.82, 2.24) is 10.2 Å². The molecule has 0 aliphatic heterocycles. The van der Waals surface area contributed by atoms with Gasteiger partial charge in [0, 0.05) is 5.56 Å². The number of aromatic nitrogens is 2. The van der Waals surface area contributed by atoms with E-state index in [2.05, 4.69) is 60.4 Å². The molecule has 1 fully saturated rings. The fraction of sp³-hybridized carbons (Fsp3) is 0.545. The highest BCUT2D eigenvalue weighted by atomic mass is 15.1. The fourth-order valence-electron chi connectivity index (χ4n) is 3.84. The molecular formula is C22H30N2. The Morgan fingerprint density at radius 1 is 0.833 bits per heavy atom. The Morgan fingerprint density at radius 2 is 1.54 bits per heavy atom. The minimum absolute atomic E-state index is 0.937. The Kier molecular flexibility index (Phi) is 6.01. The van der Waals surface area contributed by atoms with Crippen LogP contribution < -0.4 is 0 Å². The highest BCUT2D eigenvalue weighted by Crippen LogP contribution is 2.33. The second kappa shape index (κ2) is 8.41. The number of hydrogen-bond acceptors (Lipinski definition) is 2. The minimum atomic E-state index is 0.937. The lowest BCUT2D eigenvalue weighted by molar-refractivity contribution is 0.259. The number of nitrogens with zero attached hydrogens (tertiary/aromatic N) is 2. The average molecular weight is 322 g/mol. The molecule has 0 bridgehead atoms. The normalized spacial score (nSPS) is 20.9. The molecule has 24 heavy (non-hydrogen) atoms. The summed E-state index contributed by atoms with van der Waals surface area (Å²) in [5, 5.41) is 8.59. The lowest BCUT2D eigenvalue weighted by atomic mass is 9.78. The van der Waals surface area contributed by atoms with Crippen LogP contribution >= 0.6 is 0 Å². The molecule has 0 radical (unpaired) electrons. The first-order valence-electron chi connectivity index (χ1n) is 9.70. The van der Waals surface area contributed by atoms with Gasteiger partial charge in [-0.2, -0.15) is 10.2 Å². The topological polar surface area (TPSA) is 25.8 Å². The Balaban J connectivity index is 1.53. The van der Waals surface area contributed by atoms with Gasteiger partial charge in [0.05, 0.1) is 11.4 Å². The molecule has 0 spiro atoms. The molecule has 0 N–H and O–H groups in total. The molecule has 0 atom stereocenters. The summed E-state index contributed by atoms with van der Waals surface area (Å²) >= 11 is 0. The number of rotatable bonds is 6. The van der Waals surface area contributed by atoms with Crippen molar-refractivity contribution < 1.29 is 0 Å². The zero-order valence-corrected chi connectivity index (χ0v) is 15.2. The Morgan fingerprint density at radius 3 is 2.12 bits per heavy atom. The van der Waals surface area contributed by atoms with Crippen molar-refractivity contribution >= 4 is 0 Å². The third kappa shape index (κ3) is 4.43. The van der Waals surface area contributed by atoms with Crippen LogP contribution in [0.25, 0.3) is 11.3 Å². The van der Waals surface area contributed by atoms with E-state index < -0.39 is 0 Å². The molecule has 0 amide bonds. The Hall–Kier alpha value is -1.70. The summed E-state index contributed by atoms with van der Waals surface area (Å²) in [6.07, 6.45) is 10.6. The lowest BCUT2D eigenvalue weighted by Gasteiger charge is -2.27. The summed E-state index contributed by atoms with van der Waals surface area (Å²) in [6.45, 7) is 4.44. The molecule has 128 valence electrons. The molecule has 0 saturated heterocycles. The van der Waals surface area contributed by atoms with E-state index in [1.54, 1.807) is 0 Å². The van der Waals surface area contributed by atoms with Crippen molar-refractivity contribution in [1.29, 1.82) is 0 Å². The predicted molar refractivity (Wildman–Crippen MR) is 101 cm³/mol. The van der Waals surface area contributed by atoms with Gasteiger partial charge in [-0.05, 0) is 48.8 Å². The first-order chi connectivity index (χ1) is 11.8. The van der Waals surface area contributed by atoms with Gasteiger partial charge in [0.25, 0.3) is 0 Å². The van der Waals surface area contributed by atoms with E-state index in [0.717, 1.165) is 35.2 Å².